The predicted octanol–water partition coefficient (Wildman–Crippen LogP) is 1.16. The van der Waals surface area contributed by atoms with Gasteiger partial charge in [0.15, 0.2) is 6.61 Å². The van der Waals surface area contributed by atoms with E-state index in [0.717, 1.165) is 5.69 Å². The molecule has 1 atom stereocenters. The number of rotatable bonds is 7. The molecule has 0 bridgehead atoms. The fourth-order valence-electron chi connectivity index (χ4n) is 1.13. The van der Waals surface area contributed by atoms with Gasteiger partial charge in [-0.25, -0.2) is 4.79 Å². The summed E-state index contributed by atoms with van der Waals surface area (Å²) in [7, 11) is 0. The third-order valence-corrected chi connectivity index (χ3v) is 2.27. The quantitative estimate of drug-likeness (QED) is 0.641. The van der Waals surface area contributed by atoms with E-state index < -0.39 is 12.1 Å². The van der Waals surface area contributed by atoms with Crippen LogP contribution in [0.4, 0.5) is 5.69 Å². The maximum Gasteiger partial charge on any atom is 0.341 e. The van der Waals surface area contributed by atoms with Crippen LogP contribution in [-0.2, 0) is 4.79 Å². The largest absolute Gasteiger partial charge is 0.482 e. The van der Waals surface area contributed by atoms with Gasteiger partial charge in [0, 0.05) is 18.3 Å². The molecule has 0 aliphatic heterocycles. The summed E-state index contributed by atoms with van der Waals surface area (Å²) in [6.07, 6.45) is -0.625. The molecule has 1 aromatic rings. The van der Waals surface area contributed by atoms with Crippen LogP contribution in [0.15, 0.2) is 24.3 Å². The first kappa shape index (κ1) is 13.6. The standard InChI is InChI=1S/C11H14ClNO4/c12-5-9(14)6-13-8-2-1-3-10(4-8)17-7-11(15)16/h1-4,9,13-14H,5-7H2,(H,15,16). The van der Waals surface area contributed by atoms with Crippen molar-refractivity contribution in [2.45, 2.75) is 6.10 Å². The number of hydrogen-bond donors (Lipinski definition) is 3. The summed E-state index contributed by atoms with van der Waals surface area (Å²) in [6, 6.07) is 6.83. The van der Waals surface area contributed by atoms with Gasteiger partial charge in [-0.3, -0.25) is 0 Å². The number of aliphatic hydroxyl groups excluding tert-OH is 1. The van der Waals surface area contributed by atoms with Crippen molar-refractivity contribution in [1.82, 2.24) is 0 Å². The van der Waals surface area contributed by atoms with Crippen molar-refractivity contribution < 1.29 is 19.7 Å². The Morgan fingerprint density at radius 1 is 1.53 bits per heavy atom. The molecule has 0 aromatic heterocycles. The number of anilines is 1. The Kier molecular flexibility index (Phi) is 5.59. The smallest absolute Gasteiger partial charge is 0.341 e. The second-order valence-electron chi connectivity index (χ2n) is 3.40. The fourth-order valence-corrected chi connectivity index (χ4v) is 1.24. The monoisotopic (exact) mass is 259 g/mol. The van der Waals surface area contributed by atoms with Crippen molar-refractivity contribution in [2.75, 3.05) is 24.3 Å². The Balaban J connectivity index is 2.50. The molecule has 1 unspecified atom stereocenters. The third-order valence-electron chi connectivity index (χ3n) is 1.92. The minimum Gasteiger partial charge on any atom is -0.482 e. The van der Waals surface area contributed by atoms with Gasteiger partial charge >= 0.3 is 5.97 Å². The van der Waals surface area contributed by atoms with Gasteiger partial charge in [-0.05, 0) is 12.1 Å². The molecule has 0 amide bonds. The van der Waals surface area contributed by atoms with E-state index >= 15 is 0 Å². The number of alkyl halides is 1. The van der Waals surface area contributed by atoms with Crippen molar-refractivity contribution in [2.24, 2.45) is 0 Å². The molecular weight excluding hydrogens is 246 g/mol. The summed E-state index contributed by atoms with van der Waals surface area (Å²) >= 11 is 5.45. The molecule has 1 rings (SSSR count). The molecule has 0 fully saturated rings. The van der Waals surface area contributed by atoms with E-state index in [2.05, 4.69) is 5.32 Å². The predicted molar refractivity (Wildman–Crippen MR) is 64.8 cm³/mol. The van der Waals surface area contributed by atoms with Crippen LogP contribution in [0.3, 0.4) is 0 Å². The van der Waals surface area contributed by atoms with E-state index in [0.29, 0.717) is 12.3 Å². The second kappa shape index (κ2) is 6.98. The van der Waals surface area contributed by atoms with Crippen molar-refractivity contribution in [3.63, 3.8) is 0 Å². The van der Waals surface area contributed by atoms with Crippen LogP contribution in [-0.4, -0.2) is 41.3 Å². The molecule has 0 aliphatic carbocycles. The molecular formula is C11H14ClNO4. The molecule has 5 nitrogen and oxygen atoms in total. The topological polar surface area (TPSA) is 78.8 Å². The lowest BCUT2D eigenvalue weighted by Gasteiger charge is -2.11. The highest BCUT2D eigenvalue weighted by Gasteiger charge is 2.03. The molecule has 0 heterocycles. The molecule has 6 heteroatoms. The Hall–Kier alpha value is -1.46. The van der Waals surface area contributed by atoms with Gasteiger partial charge in [0.25, 0.3) is 0 Å². The summed E-state index contributed by atoms with van der Waals surface area (Å²) < 4.78 is 5.01. The summed E-state index contributed by atoms with van der Waals surface area (Å²) in [5, 5.41) is 20.7. The highest BCUT2D eigenvalue weighted by atomic mass is 35.5. The minimum atomic E-state index is -1.03. The van der Waals surface area contributed by atoms with Crippen molar-refractivity contribution in [3.8, 4) is 5.75 Å². The molecule has 0 radical (unpaired) electrons. The van der Waals surface area contributed by atoms with Gasteiger partial charge in [-0.15, -0.1) is 11.6 Å². The van der Waals surface area contributed by atoms with Crippen LogP contribution in [0.25, 0.3) is 0 Å². The Morgan fingerprint density at radius 2 is 2.29 bits per heavy atom. The van der Waals surface area contributed by atoms with E-state index in [9.17, 15) is 9.90 Å². The van der Waals surface area contributed by atoms with Crippen LogP contribution >= 0.6 is 11.6 Å². The molecule has 17 heavy (non-hydrogen) atoms. The van der Waals surface area contributed by atoms with Gasteiger partial charge in [0.05, 0.1) is 12.0 Å². The average molecular weight is 260 g/mol. The molecule has 94 valence electrons. The zero-order chi connectivity index (χ0) is 12.7. The lowest BCUT2D eigenvalue weighted by Crippen LogP contribution is -2.20. The normalized spacial score (nSPS) is 11.9. The summed E-state index contributed by atoms with van der Waals surface area (Å²) in [5.41, 5.74) is 0.733. The van der Waals surface area contributed by atoms with Crippen molar-refractivity contribution >= 4 is 23.3 Å². The number of halogens is 1. The SMILES string of the molecule is O=C(O)COc1cccc(NCC(O)CCl)c1. The lowest BCUT2D eigenvalue weighted by molar-refractivity contribution is -0.139. The molecule has 1 aromatic carbocycles. The highest BCUT2D eigenvalue weighted by Crippen LogP contribution is 2.17. The maximum atomic E-state index is 10.3. The Morgan fingerprint density at radius 3 is 2.94 bits per heavy atom. The number of carbonyl (C=O) groups is 1. The molecule has 0 saturated heterocycles. The van der Waals surface area contributed by atoms with Crippen LogP contribution in [0.2, 0.25) is 0 Å². The zero-order valence-corrected chi connectivity index (χ0v) is 9.85. The first-order valence-electron chi connectivity index (χ1n) is 5.04. The highest BCUT2D eigenvalue weighted by molar-refractivity contribution is 6.18. The summed E-state index contributed by atoms with van der Waals surface area (Å²) in [5.74, 6) is -0.416. The Bertz CT molecular complexity index is 372. The lowest BCUT2D eigenvalue weighted by atomic mass is 10.3. The number of hydrogen-bond acceptors (Lipinski definition) is 4. The number of carboxylic acid groups (broad SMARTS) is 1. The van der Waals surface area contributed by atoms with Gasteiger partial charge in [-0.1, -0.05) is 6.07 Å². The first-order valence-corrected chi connectivity index (χ1v) is 5.58. The Labute approximate surface area is 104 Å². The van der Waals surface area contributed by atoms with Crippen LogP contribution < -0.4 is 10.1 Å². The van der Waals surface area contributed by atoms with E-state index in [1.54, 1.807) is 24.3 Å². The van der Waals surface area contributed by atoms with Gasteiger partial charge in [0.1, 0.15) is 5.75 Å². The summed E-state index contributed by atoms with van der Waals surface area (Å²) in [6.45, 7) is -0.0559. The van der Waals surface area contributed by atoms with Gasteiger partial charge in [0.2, 0.25) is 0 Å². The number of ether oxygens (including phenoxy) is 1. The van der Waals surface area contributed by atoms with Crippen LogP contribution in [0, 0.1) is 0 Å². The van der Waals surface area contributed by atoms with E-state index in [4.69, 9.17) is 21.4 Å². The van der Waals surface area contributed by atoms with Gasteiger partial charge < -0.3 is 20.3 Å². The molecule has 3 N–H and O–H groups in total. The number of benzene rings is 1. The summed E-state index contributed by atoms with van der Waals surface area (Å²) in [4.78, 5) is 10.3. The minimum absolute atomic E-state index is 0.155. The third kappa shape index (κ3) is 5.42. The van der Waals surface area contributed by atoms with E-state index in [1.807, 2.05) is 0 Å². The first-order chi connectivity index (χ1) is 8.11. The van der Waals surface area contributed by atoms with Crippen molar-refractivity contribution in [1.29, 1.82) is 0 Å². The van der Waals surface area contributed by atoms with Crippen LogP contribution in [0.5, 0.6) is 5.75 Å². The van der Waals surface area contributed by atoms with Crippen LogP contribution in [0.1, 0.15) is 0 Å². The molecule has 0 aliphatic rings. The average Bonchev–Trinajstić information content (AvgIpc) is 2.34. The number of nitrogens with one attached hydrogen (secondary N) is 1. The van der Waals surface area contributed by atoms with E-state index in [1.165, 1.54) is 0 Å². The number of aliphatic carboxylic acids is 1. The van der Waals surface area contributed by atoms with Gasteiger partial charge in [-0.2, -0.15) is 0 Å². The number of aliphatic hydroxyl groups is 1. The molecule has 0 spiro atoms. The number of carboxylic acids is 1. The molecule has 0 saturated carbocycles. The van der Waals surface area contributed by atoms with Crippen molar-refractivity contribution in [3.05, 3.63) is 24.3 Å². The zero-order valence-electron chi connectivity index (χ0n) is 9.10. The van der Waals surface area contributed by atoms with E-state index in [-0.39, 0.29) is 12.5 Å². The second-order valence-corrected chi connectivity index (χ2v) is 3.71. The fraction of sp³-hybridized carbons (Fsp3) is 0.364. The maximum absolute atomic E-state index is 10.3.